The van der Waals surface area contributed by atoms with E-state index < -0.39 is 35.9 Å². The molecule has 0 radical (unpaired) electrons. The van der Waals surface area contributed by atoms with Crippen LogP contribution in [0.15, 0.2) is 24.3 Å². The molecule has 0 bridgehead atoms. The van der Waals surface area contributed by atoms with Crippen LogP contribution in [0.1, 0.15) is 46.6 Å². The Morgan fingerprint density at radius 2 is 1.54 bits per heavy atom. The average molecular weight is 487 g/mol. The van der Waals surface area contributed by atoms with Gasteiger partial charge in [0.1, 0.15) is 18.1 Å². The predicted molar refractivity (Wildman–Crippen MR) is 135 cm³/mol. The Hall–Kier alpha value is -3.54. The lowest BCUT2D eigenvalue weighted by Gasteiger charge is -2.29. The van der Waals surface area contributed by atoms with Gasteiger partial charge < -0.3 is 25.6 Å². The number of carbonyl (C=O) groups is 4. The van der Waals surface area contributed by atoms with Crippen LogP contribution in [0.25, 0.3) is 0 Å². The van der Waals surface area contributed by atoms with Gasteiger partial charge in [-0.15, -0.1) is 6.42 Å². The number of rotatable bonds is 12. The van der Waals surface area contributed by atoms with Crippen LogP contribution < -0.4 is 20.9 Å². The molecule has 35 heavy (non-hydrogen) atoms. The SMILES string of the molecule is C#Cc1ccc(N(C)CC(=O)N[C@H](C(=O)N[C@H](C(=O)N[C@@H](C)C(=O)OC)[C@@H](C)CC)C(C)C)cc1. The first-order valence-electron chi connectivity index (χ1n) is 11.7. The molecule has 9 nitrogen and oxygen atoms in total. The molecule has 0 fully saturated rings. The molecule has 0 heterocycles. The molecule has 9 heteroatoms. The second kappa shape index (κ2) is 14.0. The molecule has 0 aliphatic rings. The van der Waals surface area contributed by atoms with Crippen molar-refractivity contribution in [1.82, 2.24) is 16.0 Å². The first-order chi connectivity index (χ1) is 16.4. The molecule has 1 rings (SSSR count). The van der Waals surface area contributed by atoms with Crippen molar-refractivity contribution in [1.29, 1.82) is 0 Å². The Bertz CT molecular complexity index is 923. The zero-order valence-corrected chi connectivity index (χ0v) is 21.7. The van der Waals surface area contributed by atoms with Crippen molar-refractivity contribution in [3.05, 3.63) is 29.8 Å². The number of benzene rings is 1. The summed E-state index contributed by atoms with van der Waals surface area (Å²) >= 11 is 0. The van der Waals surface area contributed by atoms with Crippen molar-refractivity contribution < 1.29 is 23.9 Å². The summed E-state index contributed by atoms with van der Waals surface area (Å²) in [6, 6.07) is 4.62. The predicted octanol–water partition coefficient (Wildman–Crippen LogP) is 1.45. The average Bonchev–Trinajstić information content (AvgIpc) is 2.84. The van der Waals surface area contributed by atoms with Crippen molar-refractivity contribution in [2.24, 2.45) is 11.8 Å². The highest BCUT2D eigenvalue weighted by Crippen LogP contribution is 2.14. The van der Waals surface area contributed by atoms with Gasteiger partial charge in [0.25, 0.3) is 0 Å². The topological polar surface area (TPSA) is 117 Å². The number of likely N-dealkylation sites (N-methyl/N-ethyl adjacent to an activating group) is 1. The van der Waals surface area contributed by atoms with Gasteiger partial charge in [0.2, 0.25) is 17.7 Å². The molecule has 0 spiro atoms. The normalized spacial score (nSPS) is 14.0. The smallest absolute Gasteiger partial charge is 0.328 e. The summed E-state index contributed by atoms with van der Waals surface area (Å²) in [5.74, 6) is 0.224. The molecular formula is C26H38N4O5. The summed E-state index contributed by atoms with van der Waals surface area (Å²) in [5.41, 5.74) is 1.54. The van der Waals surface area contributed by atoms with E-state index in [1.807, 2.05) is 39.8 Å². The number of anilines is 1. The number of hydrogen-bond acceptors (Lipinski definition) is 6. The zero-order chi connectivity index (χ0) is 26.7. The van der Waals surface area contributed by atoms with Crippen molar-refractivity contribution in [2.75, 3.05) is 25.6 Å². The number of carbonyl (C=O) groups excluding carboxylic acids is 4. The summed E-state index contributed by atoms with van der Waals surface area (Å²) in [7, 11) is 3.00. The molecular weight excluding hydrogens is 448 g/mol. The Labute approximate surface area is 208 Å². The van der Waals surface area contributed by atoms with Crippen LogP contribution in [-0.4, -0.2) is 62.5 Å². The Morgan fingerprint density at radius 3 is 2.03 bits per heavy atom. The molecule has 0 aliphatic carbocycles. The molecule has 0 aromatic heterocycles. The van der Waals surface area contributed by atoms with Gasteiger partial charge in [-0.3, -0.25) is 14.4 Å². The molecule has 3 N–H and O–H groups in total. The second-order valence-electron chi connectivity index (χ2n) is 8.96. The van der Waals surface area contributed by atoms with E-state index in [9.17, 15) is 19.2 Å². The van der Waals surface area contributed by atoms with Crippen LogP contribution in [0.3, 0.4) is 0 Å². The quantitative estimate of drug-likeness (QED) is 0.304. The van der Waals surface area contributed by atoms with Crippen LogP contribution in [-0.2, 0) is 23.9 Å². The monoisotopic (exact) mass is 486 g/mol. The molecule has 1 aromatic carbocycles. The maximum Gasteiger partial charge on any atom is 0.328 e. The lowest BCUT2D eigenvalue weighted by Crippen LogP contribution is -2.59. The summed E-state index contributed by atoms with van der Waals surface area (Å²) < 4.78 is 4.65. The van der Waals surface area contributed by atoms with Gasteiger partial charge in [-0.05, 0) is 43.0 Å². The minimum Gasteiger partial charge on any atom is -0.467 e. The van der Waals surface area contributed by atoms with Crippen LogP contribution in [0.2, 0.25) is 0 Å². The van der Waals surface area contributed by atoms with Gasteiger partial charge in [-0.2, -0.15) is 0 Å². The minimum atomic E-state index is -0.880. The van der Waals surface area contributed by atoms with E-state index in [4.69, 9.17) is 6.42 Å². The molecule has 3 amide bonds. The lowest BCUT2D eigenvalue weighted by molar-refractivity contribution is -0.145. The van der Waals surface area contributed by atoms with Crippen LogP contribution in [0.5, 0.6) is 0 Å². The third-order valence-corrected chi connectivity index (χ3v) is 5.83. The first-order valence-corrected chi connectivity index (χ1v) is 11.7. The summed E-state index contributed by atoms with van der Waals surface area (Å²) in [6.07, 6.45) is 6.00. The number of terminal acetylenes is 1. The molecule has 0 unspecified atom stereocenters. The van der Waals surface area contributed by atoms with E-state index in [0.717, 1.165) is 11.3 Å². The molecule has 1 aromatic rings. The minimum absolute atomic E-state index is 0.0256. The van der Waals surface area contributed by atoms with E-state index in [2.05, 4.69) is 26.6 Å². The Balaban J connectivity index is 2.89. The maximum absolute atomic E-state index is 13.1. The highest BCUT2D eigenvalue weighted by atomic mass is 16.5. The molecule has 4 atom stereocenters. The Kier molecular flexibility index (Phi) is 11.8. The first kappa shape index (κ1) is 29.5. The van der Waals surface area contributed by atoms with Crippen molar-refractivity contribution in [3.63, 3.8) is 0 Å². The molecule has 0 saturated carbocycles. The highest BCUT2D eigenvalue weighted by molar-refractivity contribution is 5.94. The van der Waals surface area contributed by atoms with Crippen molar-refractivity contribution in [2.45, 2.75) is 59.2 Å². The summed E-state index contributed by atoms with van der Waals surface area (Å²) in [4.78, 5) is 52.1. The number of hydrogen-bond donors (Lipinski definition) is 3. The molecule has 0 aliphatic heterocycles. The van der Waals surface area contributed by atoms with Crippen molar-refractivity contribution >= 4 is 29.4 Å². The second-order valence-corrected chi connectivity index (χ2v) is 8.96. The Morgan fingerprint density at radius 1 is 0.971 bits per heavy atom. The van der Waals surface area contributed by atoms with E-state index >= 15 is 0 Å². The van der Waals surface area contributed by atoms with Crippen LogP contribution in [0.4, 0.5) is 5.69 Å². The standard InChI is InChI=1S/C26H38N4O5/c1-9-17(5)23(25(33)27-18(6)26(34)35-8)29-24(32)22(16(3)4)28-21(31)15-30(7)20-13-11-19(10-2)12-14-20/h2,11-14,16-18,22-23H,9,15H2,1,3-8H3,(H,27,33)(H,28,31)(H,29,32)/t17-,18-,22-,23-/m0/s1. The van der Waals surface area contributed by atoms with Crippen molar-refractivity contribution in [3.8, 4) is 12.3 Å². The number of amides is 3. The van der Waals surface area contributed by atoms with Gasteiger partial charge >= 0.3 is 5.97 Å². The van der Waals surface area contributed by atoms with E-state index in [-0.39, 0.29) is 24.3 Å². The van der Waals surface area contributed by atoms with Gasteiger partial charge in [-0.25, -0.2) is 4.79 Å². The van der Waals surface area contributed by atoms with Crippen LogP contribution in [0, 0.1) is 24.2 Å². The molecule has 0 saturated heterocycles. The third-order valence-electron chi connectivity index (χ3n) is 5.83. The van der Waals surface area contributed by atoms with E-state index in [0.29, 0.717) is 6.42 Å². The van der Waals surface area contributed by atoms with Gasteiger partial charge in [0.05, 0.1) is 13.7 Å². The fourth-order valence-corrected chi connectivity index (χ4v) is 3.36. The fourth-order valence-electron chi connectivity index (χ4n) is 3.36. The number of ether oxygens (including phenoxy) is 1. The highest BCUT2D eigenvalue weighted by Gasteiger charge is 2.32. The summed E-state index contributed by atoms with van der Waals surface area (Å²) in [6.45, 7) is 8.88. The van der Waals surface area contributed by atoms with Gasteiger partial charge in [0.15, 0.2) is 0 Å². The maximum atomic E-state index is 13.1. The van der Waals surface area contributed by atoms with Crippen LogP contribution >= 0.6 is 0 Å². The number of methoxy groups -OCH3 is 1. The number of esters is 1. The summed E-state index contributed by atoms with van der Waals surface area (Å²) in [5, 5.41) is 8.12. The van der Waals surface area contributed by atoms with Gasteiger partial charge in [-0.1, -0.05) is 40.0 Å². The third kappa shape index (κ3) is 8.96. The fraction of sp³-hybridized carbons (Fsp3) is 0.538. The lowest BCUT2D eigenvalue weighted by atomic mass is 9.96. The number of nitrogens with one attached hydrogen (secondary N) is 3. The largest absolute Gasteiger partial charge is 0.467 e. The number of nitrogens with zero attached hydrogens (tertiary/aromatic N) is 1. The van der Waals surface area contributed by atoms with E-state index in [1.54, 1.807) is 24.1 Å². The van der Waals surface area contributed by atoms with Gasteiger partial charge in [0, 0.05) is 18.3 Å². The molecule has 192 valence electrons. The van der Waals surface area contributed by atoms with E-state index in [1.165, 1.54) is 14.0 Å². The zero-order valence-electron chi connectivity index (χ0n) is 21.7.